The van der Waals surface area contributed by atoms with Crippen LogP contribution < -0.4 is 0 Å². The Morgan fingerprint density at radius 1 is 1.42 bits per heavy atom. The number of hydrogen-bond donors (Lipinski definition) is 0. The van der Waals surface area contributed by atoms with Gasteiger partial charge in [-0.3, -0.25) is 0 Å². The molecule has 0 N–H and O–H groups in total. The number of benzene rings is 1. The van der Waals surface area contributed by atoms with Crippen LogP contribution >= 0.6 is 0 Å². The van der Waals surface area contributed by atoms with Gasteiger partial charge in [0.05, 0.1) is 22.8 Å². The number of rotatable bonds is 0. The first-order valence-electron chi connectivity index (χ1n) is 5.94. The second kappa shape index (κ2) is 4.39. The summed E-state index contributed by atoms with van der Waals surface area (Å²) in [5, 5.41) is 13.9. The first kappa shape index (κ1) is 13.1. The first-order chi connectivity index (χ1) is 8.81. The van der Waals surface area contributed by atoms with Gasteiger partial charge in [-0.2, -0.15) is 15.0 Å². The van der Waals surface area contributed by atoms with Gasteiger partial charge in [0.15, 0.2) is 0 Å². The van der Waals surface area contributed by atoms with Gasteiger partial charge in [-0.15, -0.1) is 0 Å². The van der Waals surface area contributed by atoms with Crippen LogP contribution in [0, 0.1) is 18.3 Å². The zero-order valence-electron chi connectivity index (χ0n) is 11.4. The van der Waals surface area contributed by atoms with Crippen molar-refractivity contribution in [1.82, 2.24) is 9.78 Å². The number of fused-ring (bicyclic) bond motifs is 1. The second-order valence-electron chi connectivity index (χ2n) is 5.32. The Kier molecular flexibility index (Phi) is 3.03. The summed E-state index contributed by atoms with van der Waals surface area (Å²) in [6.45, 7) is 7.20. The van der Waals surface area contributed by atoms with E-state index in [2.05, 4.69) is 11.2 Å². The number of carbonyl (C=O) groups excluding carboxylic acids is 1. The molecule has 98 valence electrons. The standard InChI is InChI=1S/C14H15N3O2/c1-9-11-7-10(8-15)5-6-12(11)17(16-9)13(18)19-14(2,3)4/h5-7H,1-4H3. The predicted octanol–water partition coefficient (Wildman–Crippen LogP) is 3.00. The van der Waals surface area contributed by atoms with Gasteiger partial charge in [-0.1, -0.05) is 0 Å². The van der Waals surface area contributed by atoms with Crippen molar-refractivity contribution in [3.8, 4) is 6.07 Å². The zero-order chi connectivity index (χ0) is 14.2. The molecular weight excluding hydrogens is 242 g/mol. The summed E-state index contributed by atoms with van der Waals surface area (Å²) in [7, 11) is 0. The summed E-state index contributed by atoms with van der Waals surface area (Å²) in [4.78, 5) is 12.1. The van der Waals surface area contributed by atoms with Crippen molar-refractivity contribution >= 4 is 17.0 Å². The van der Waals surface area contributed by atoms with Crippen LogP contribution in [-0.2, 0) is 4.74 Å². The van der Waals surface area contributed by atoms with Gasteiger partial charge >= 0.3 is 6.09 Å². The van der Waals surface area contributed by atoms with Crippen LogP contribution in [0.5, 0.6) is 0 Å². The summed E-state index contributed by atoms with van der Waals surface area (Å²) in [6, 6.07) is 7.15. The van der Waals surface area contributed by atoms with Crippen molar-refractivity contribution < 1.29 is 9.53 Å². The SMILES string of the molecule is Cc1nn(C(=O)OC(C)(C)C)c2ccc(C#N)cc12. The summed E-state index contributed by atoms with van der Waals surface area (Å²) in [6.07, 6.45) is -0.518. The summed E-state index contributed by atoms with van der Waals surface area (Å²) in [5.74, 6) is 0. The van der Waals surface area contributed by atoms with Crippen LogP contribution in [0.1, 0.15) is 32.0 Å². The molecule has 0 spiro atoms. The molecule has 1 aromatic carbocycles. The lowest BCUT2D eigenvalue weighted by atomic mass is 10.1. The monoisotopic (exact) mass is 257 g/mol. The molecule has 1 aromatic heterocycles. The Labute approximate surface area is 111 Å². The Bertz CT molecular complexity index is 687. The molecule has 0 saturated heterocycles. The van der Waals surface area contributed by atoms with E-state index in [-0.39, 0.29) is 0 Å². The van der Waals surface area contributed by atoms with Gasteiger partial charge in [0.25, 0.3) is 0 Å². The van der Waals surface area contributed by atoms with E-state index < -0.39 is 11.7 Å². The van der Waals surface area contributed by atoms with Gasteiger partial charge in [0.1, 0.15) is 5.60 Å². The fourth-order valence-corrected chi connectivity index (χ4v) is 1.78. The van der Waals surface area contributed by atoms with Gasteiger partial charge in [-0.25, -0.2) is 4.79 Å². The highest BCUT2D eigenvalue weighted by Crippen LogP contribution is 2.21. The van der Waals surface area contributed by atoms with E-state index in [4.69, 9.17) is 10.00 Å². The van der Waals surface area contributed by atoms with E-state index in [0.717, 1.165) is 5.39 Å². The summed E-state index contributed by atoms with van der Waals surface area (Å²) in [5.41, 5.74) is 1.30. The molecule has 5 heteroatoms. The van der Waals surface area contributed by atoms with Crippen molar-refractivity contribution in [2.45, 2.75) is 33.3 Å². The minimum atomic E-state index is -0.574. The van der Waals surface area contributed by atoms with Crippen LogP contribution in [0.4, 0.5) is 4.79 Å². The largest absolute Gasteiger partial charge is 0.442 e. The van der Waals surface area contributed by atoms with E-state index in [1.807, 2.05) is 0 Å². The van der Waals surface area contributed by atoms with Crippen LogP contribution in [0.3, 0.4) is 0 Å². The molecule has 0 saturated carbocycles. The zero-order valence-corrected chi connectivity index (χ0v) is 11.4. The summed E-state index contributed by atoms with van der Waals surface area (Å²) < 4.78 is 6.53. The number of aromatic nitrogens is 2. The van der Waals surface area contributed by atoms with Crippen molar-refractivity contribution in [1.29, 1.82) is 5.26 Å². The highest BCUT2D eigenvalue weighted by molar-refractivity contribution is 5.90. The maximum Gasteiger partial charge on any atom is 0.435 e. The number of hydrogen-bond acceptors (Lipinski definition) is 4. The summed E-state index contributed by atoms with van der Waals surface area (Å²) >= 11 is 0. The van der Waals surface area contributed by atoms with Crippen molar-refractivity contribution in [2.24, 2.45) is 0 Å². The minimum Gasteiger partial charge on any atom is -0.442 e. The maximum absolute atomic E-state index is 12.1. The quantitative estimate of drug-likeness (QED) is 0.727. The highest BCUT2D eigenvalue weighted by Gasteiger charge is 2.21. The molecule has 5 nitrogen and oxygen atoms in total. The number of carbonyl (C=O) groups is 1. The van der Waals surface area contributed by atoms with E-state index in [9.17, 15) is 4.79 Å². The van der Waals surface area contributed by atoms with Crippen LogP contribution in [0.15, 0.2) is 18.2 Å². The van der Waals surface area contributed by atoms with Crippen molar-refractivity contribution in [3.63, 3.8) is 0 Å². The average Bonchev–Trinajstić information content (AvgIpc) is 2.64. The van der Waals surface area contributed by atoms with Gasteiger partial charge in [0.2, 0.25) is 0 Å². The Balaban J connectivity index is 2.52. The number of nitriles is 1. The third-order valence-corrected chi connectivity index (χ3v) is 2.56. The second-order valence-corrected chi connectivity index (χ2v) is 5.32. The van der Waals surface area contributed by atoms with Crippen LogP contribution in [0.2, 0.25) is 0 Å². The normalized spacial score (nSPS) is 11.3. The van der Waals surface area contributed by atoms with E-state index in [0.29, 0.717) is 16.8 Å². The van der Waals surface area contributed by atoms with Crippen molar-refractivity contribution in [2.75, 3.05) is 0 Å². The lowest BCUT2D eigenvalue weighted by molar-refractivity contribution is 0.0522. The fraction of sp³-hybridized carbons (Fsp3) is 0.357. The smallest absolute Gasteiger partial charge is 0.435 e. The molecule has 2 rings (SSSR count). The van der Waals surface area contributed by atoms with Crippen LogP contribution in [-0.4, -0.2) is 21.5 Å². The molecule has 0 atom stereocenters. The molecule has 0 aliphatic rings. The number of aryl methyl sites for hydroxylation is 1. The molecule has 0 unspecified atom stereocenters. The average molecular weight is 257 g/mol. The highest BCUT2D eigenvalue weighted by atomic mass is 16.6. The minimum absolute atomic E-state index is 0.518. The van der Waals surface area contributed by atoms with Gasteiger partial charge in [0, 0.05) is 5.39 Å². The van der Waals surface area contributed by atoms with Crippen molar-refractivity contribution in [3.05, 3.63) is 29.5 Å². The predicted molar refractivity (Wildman–Crippen MR) is 70.8 cm³/mol. The third kappa shape index (κ3) is 2.58. The fourth-order valence-electron chi connectivity index (χ4n) is 1.78. The molecule has 0 aliphatic carbocycles. The topological polar surface area (TPSA) is 67.9 Å². The molecular formula is C14H15N3O2. The van der Waals surface area contributed by atoms with E-state index in [1.165, 1.54) is 4.68 Å². The lowest BCUT2D eigenvalue weighted by Crippen LogP contribution is -2.27. The van der Waals surface area contributed by atoms with Gasteiger partial charge in [-0.05, 0) is 45.9 Å². The first-order valence-corrected chi connectivity index (χ1v) is 5.94. The molecule has 1 heterocycles. The van der Waals surface area contributed by atoms with E-state index >= 15 is 0 Å². The Hall–Kier alpha value is -2.35. The number of ether oxygens (including phenoxy) is 1. The molecule has 2 aromatic rings. The lowest BCUT2D eigenvalue weighted by Gasteiger charge is -2.19. The molecule has 0 fully saturated rings. The van der Waals surface area contributed by atoms with E-state index in [1.54, 1.807) is 45.9 Å². The Morgan fingerprint density at radius 2 is 2.11 bits per heavy atom. The Morgan fingerprint density at radius 3 is 2.68 bits per heavy atom. The molecule has 0 bridgehead atoms. The molecule has 0 radical (unpaired) electrons. The molecule has 0 amide bonds. The van der Waals surface area contributed by atoms with Gasteiger partial charge < -0.3 is 4.74 Å². The van der Waals surface area contributed by atoms with Crippen LogP contribution in [0.25, 0.3) is 10.9 Å². The molecule has 19 heavy (non-hydrogen) atoms. The molecule has 0 aliphatic heterocycles. The number of nitrogens with zero attached hydrogens (tertiary/aromatic N) is 3. The third-order valence-electron chi connectivity index (χ3n) is 2.56. The maximum atomic E-state index is 12.1.